The molecule has 1 aliphatic carbocycles. The summed E-state index contributed by atoms with van der Waals surface area (Å²) >= 11 is 1.45. The fourth-order valence-corrected chi connectivity index (χ4v) is 5.03. The van der Waals surface area contributed by atoms with Crippen molar-refractivity contribution in [2.75, 3.05) is 26.2 Å². The van der Waals surface area contributed by atoms with Crippen LogP contribution in [-0.2, 0) is 0 Å². The van der Waals surface area contributed by atoms with Crippen LogP contribution in [0, 0.1) is 0 Å². The Hall–Kier alpha value is -2.74. The zero-order valence-electron chi connectivity index (χ0n) is 16.2. The number of carbonyl (C=O) groups excluding carboxylic acids is 2. The van der Waals surface area contributed by atoms with Crippen molar-refractivity contribution < 1.29 is 9.59 Å². The summed E-state index contributed by atoms with van der Waals surface area (Å²) in [7, 11) is 0. The summed E-state index contributed by atoms with van der Waals surface area (Å²) in [4.78, 5) is 38.9. The number of carbonyl (C=O) groups is 2. The highest BCUT2D eigenvalue weighted by molar-refractivity contribution is 7.12. The Kier molecular flexibility index (Phi) is 4.79. The summed E-state index contributed by atoms with van der Waals surface area (Å²) in [5, 5.41) is 1.91. The quantitative estimate of drug-likeness (QED) is 0.666. The number of nitrogens with zero attached hydrogens (tertiary/aromatic N) is 5. The molecular weight excluding hydrogens is 386 g/mol. The Morgan fingerprint density at radius 3 is 2.41 bits per heavy atom. The van der Waals surface area contributed by atoms with Gasteiger partial charge in [0.2, 0.25) is 0 Å². The molecule has 2 amide bonds. The third-order valence-electron chi connectivity index (χ3n) is 5.96. The van der Waals surface area contributed by atoms with Gasteiger partial charge in [0.15, 0.2) is 5.65 Å². The zero-order valence-corrected chi connectivity index (χ0v) is 17.0. The van der Waals surface area contributed by atoms with E-state index in [4.69, 9.17) is 0 Å². The lowest BCUT2D eigenvalue weighted by Gasteiger charge is -2.34. The van der Waals surface area contributed by atoms with Gasteiger partial charge in [-0.05, 0) is 30.4 Å². The molecule has 0 bridgehead atoms. The lowest BCUT2D eigenvalue weighted by atomic mass is 10.2. The average molecular weight is 410 g/mol. The predicted octanol–water partition coefficient (Wildman–Crippen LogP) is 3.21. The summed E-state index contributed by atoms with van der Waals surface area (Å²) in [5.74, 6) is 0.00526. The number of rotatable bonds is 3. The maximum atomic E-state index is 13.0. The molecule has 7 nitrogen and oxygen atoms in total. The van der Waals surface area contributed by atoms with E-state index in [-0.39, 0.29) is 11.8 Å². The van der Waals surface area contributed by atoms with Crippen molar-refractivity contribution in [2.24, 2.45) is 0 Å². The van der Waals surface area contributed by atoms with Crippen LogP contribution in [0.5, 0.6) is 0 Å². The van der Waals surface area contributed by atoms with Crippen LogP contribution in [0.15, 0.2) is 36.1 Å². The van der Waals surface area contributed by atoms with E-state index in [1.165, 1.54) is 37.0 Å². The Balaban J connectivity index is 1.27. The van der Waals surface area contributed by atoms with E-state index < -0.39 is 0 Å². The molecule has 1 saturated carbocycles. The van der Waals surface area contributed by atoms with Gasteiger partial charge < -0.3 is 14.4 Å². The van der Waals surface area contributed by atoms with Crippen LogP contribution in [0.2, 0.25) is 0 Å². The van der Waals surface area contributed by atoms with Crippen LogP contribution in [0.3, 0.4) is 0 Å². The molecule has 2 fully saturated rings. The largest absolute Gasteiger partial charge is 0.335 e. The first-order valence-corrected chi connectivity index (χ1v) is 11.0. The van der Waals surface area contributed by atoms with Crippen LogP contribution in [0.25, 0.3) is 11.2 Å². The SMILES string of the molecule is O=C(c1cnc2c(c1)ncn2C1CCCC1)N1CCN(C(=O)c2cccs2)CC1. The lowest BCUT2D eigenvalue weighted by Crippen LogP contribution is -2.50. The van der Waals surface area contributed by atoms with Crippen molar-refractivity contribution in [3.8, 4) is 0 Å². The van der Waals surface area contributed by atoms with Gasteiger partial charge in [-0.1, -0.05) is 18.9 Å². The van der Waals surface area contributed by atoms with Crippen LogP contribution >= 0.6 is 11.3 Å². The summed E-state index contributed by atoms with van der Waals surface area (Å²) in [6.45, 7) is 2.16. The fourth-order valence-electron chi connectivity index (χ4n) is 4.34. The number of imidazole rings is 1. The smallest absolute Gasteiger partial charge is 0.264 e. The lowest BCUT2D eigenvalue weighted by molar-refractivity contribution is 0.0538. The summed E-state index contributed by atoms with van der Waals surface area (Å²) in [5.41, 5.74) is 2.20. The number of amides is 2. The minimum Gasteiger partial charge on any atom is -0.335 e. The topological polar surface area (TPSA) is 71.3 Å². The first-order chi connectivity index (χ1) is 14.2. The van der Waals surface area contributed by atoms with E-state index >= 15 is 0 Å². The number of fused-ring (bicyclic) bond motifs is 1. The van der Waals surface area contributed by atoms with Crippen molar-refractivity contribution in [2.45, 2.75) is 31.7 Å². The van der Waals surface area contributed by atoms with Gasteiger partial charge in [0.25, 0.3) is 11.8 Å². The van der Waals surface area contributed by atoms with Gasteiger partial charge in [-0.3, -0.25) is 9.59 Å². The summed E-state index contributed by atoms with van der Waals surface area (Å²) in [6, 6.07) is 6.05. The molecule has 3 aromatic heterocycles. The standard InChI is InChI=1S/C21H23N5O2S/c27-20(24-7-9-25(10-8-24)21(28)18-6-3-11-29-18)15-12-17-19(22-13-15)26(14-23-17)16-4-1-2-5-16/h3,6,11-14,16H,1-2,4-5,7-10H2. The molecule has 1 aliphatic heterocycles. The first kappa shape index (κ1) is 18.3. The number of piperazine rings is 1. The third kappa shape index (κ3) is 3.42. The number of hydrogen-bond donors (Lipinski definition) is 0. The first-order valence-electron chi connectivity index (χ1n) is 10.2. The monoisotopic (exact) mass is 409 g/mol. The minimum absolute atomic E-state index is 0.0435. The third-order valence-corrected chi connectivity index (χ3v) is 6.82. The van der Waals surface area contributed by atoms with Gasteiger partial charge in [0, 0.05) is 38.4 Å². The van der Waals surface area contributed by atoms with Crippen LogP contribution in [0.1, 0.15) is 51.8 Å². The number of hydrogen-bond acceptors (Lipinski definition) is 5. The molecule has 0 radical (unpaired) electrons. The van der Waals surface area contributed by atoms with E-state index in [0.717, 1.165) is 16.0 Å². The number of pyridine rings is 1. The van der Waals surface area contributed by atoms with Crippen molar-refractivity contribution in [1.29, 1.82) is 0 Å². The van der Waals surface area contributed by atoms with Crippen LogP contribution in [0.4, 0.5) is 0 Å². The molecule has 0 spiro atoms. The molecule has 8 heteroatoms. The van der Waals surface area contributed by atoms with Crippen molar-refractivity contribution in [3.63, 3.8) is 0 Å². The molecule has 5 rings (SSSR count). The van der Waals surface area contributed by atoms with Gasteiger partial charge in [0.05, 0.1) is 16.8 Å². The molecule has 0 aromatic carbocycles. The van der Waals surface area contributed by atoms with Gasteiger partial charge in [-0.25, -0.2) is 9.97 Å². The van der Waals surface area contributed by atoms with Gasteiger partial charge in [0.1, 0.15) is 5.52 Å². The summed E-state index contributed by atoms with van der Waals surface area (Å²) < 4.78 is 2.16. The average Bonchev–Trinajstić information content (AvgIpc) is 3.53. The van der Waals surface area contributed by atoms with Gasteiger partial charge in [-0.2, -0.15) is 0 Å². The molecule has 2 aliphatic rings. The zero-order chi connectivity index (χ0) is 19.8. The molecule has 0 atom stereocenters. The summed E-state index contributed by atoms with van der Waals surface area (Å²) in [6.07, 6.45) is 8.37. The predicted molar refractivity (Wildman–Crippen MR) is 111 cm³/mol. The van der Waals surface area contributed by atoms with E-state index in [2.05, 4.69) is 14.5 Å². The van der Waals surface area contributed by atoms with Crippen molar-refractivity contribution in [1.82, 2.24) is 24.3 Å². The normalized spacial score (nSPS) is 17.9. The molecule has 29 heavy (non-hydrogen) atoms. The Bertz CT molecular complexity index is 1030. The number of thiophene rings is 1. The highest BCUT2D eigenvalue weighted by Crippen LogP contribution is 2.31. The Morgan fingerprint density at radius 2 is 1.72 bits per heavy atom. The van der Waals surface area contributed by atoms with Crippen LogP contribution < -0.4 is 0 Å². The van der Waals surface area contributed by atoms with Crippen molar-refractivity contribution >= 4 is 34.3 Å². The van der Waals surface area contributed by atoms with Crippen molar-refractivity contribution in [3.05, 3.63) is 46.5 Å². The molecule has 3 aromatic rings. The van der Waals surface area contributed by atoms with E-state index in [0.29, 0.717) is 37.8 Å². The highest BCUT2D eigenvalue weighted by atomic mass is 32.1. The second kappa shape index (κ2) is 7.59. The minimum atomic E-state index is -0.0435. The van der Waals surface area contributed by atoms with E-state index in [9.17, 15) is 9.59 Å². The fraction of sp³-hybridized carbons (Fsp3) is 0.429. The van der Waals surface area contributed by atoms with E-state index in [1.54, 1.807) is 11.1 Å². The van der Waals surface area contributed by atoms with Crippen LogP contribution in [-0.4, -0.2) is 62.3 Å². The second-order valence-electron chi connectivity index (χ2n) is 7.72. The molecule has 1 saturated heterocycles. The van der Waals surface area contributed by atoms with Gasteiger partial charge >= 0.3 is 0 Å². The van der Waals surface area contributed by atoms with E-state index in [1.807, 2.05) is 34.8 Å². The number of aromatic nitrogens is 3. The molecular formula is C21H23N5O2S. The molecule has 0 N–H and O–H groups in total. The maximum absolute atomic E-state index is 13.0. The maximum Gasteiger partial charge on any atom is 0.264 e. The molecule has 4 heterocycles. The highest BCUT2D eigenvalue weighted by Gasteiger charge is 2.27. The Labute approximate surface area is 173 Å². The second-order valence-corrected chi connectivity index (χ2v) is 8.67. The van der Waals surface area contributed by atoms with Gasteiger partial charge in [-0.15, -0.1) is 11.3 Å². The molecule has 150 valence electrons. The Morgan fingerprint density at radius 1 is 1.00 bits per heavy atom. The molecule has 0 unspecified atom stereocenters.